The maximum absolute atomic E-state index is 6.13. The molecule has 1 aromatic carbocycles. The molecule has 1 aliphatic rings. The van der Waals surface area contributed by atoms with Crippen LogP contribution in [0.1, 0.15) is 39.5 Å². The Kier molecular flexibility index (Phi) is 4.69. The summed E-state index contributed by atoms with van der Waals surface area (Å²) in [6.07, 6.45) is 4.86. The van der Waals surface area contributed by atoms with Gasteiger partial charge in [0.2, 0.25) is 0 Å². The number of nitrogens with one attached hydrogen (secondary N) is 1. The molecule has 0 aliphatic heterocycles. The van der Waals surface area contributed by atoms with E-state index in [-0.39, 0.29) is 0 Å². The Labute approximate surface area is 126 Å². The number of benzene rings is 1. The minimum atomic E-state index is 0.472. The number of methoxy groups -OCH3 is 2. The number of rotatable bonds is 4. The van der Waals surface area contributed by atoms with Crippen LogP contribution >= 0.6 is 11.6 Å². The van der Waals surface area contributed by atoms with Crippen LogP contribution in [0, 0.1) is 5.41 Å². The Balaban J connectivity index is 2.12. The van der Waals surface area contributed by atoms with Gasteiger partial charge in [-0.15, -0.1) is 0 Å². The quantitative estimate of drug-likeness (QED) is 0.871. The zero-order valence-corrected chi connectivity index (χ0v) is 13.5. The molecular formula is C16H24ClNO2. The van der Waals surface area contributed by atoms with Gasteiger partial charge in [0.25, 0.3) is 0 Å². The lowest BCUT2D eigenvalue weighted by molar-refractivity contribution is 0.232. The van der Waals surface area contributed by atoms with Crippen molar-refractivity contribution in [2.45, 2.75) is 45.6 Å². The maximum Gasteiger partial charge on any atom is 0.143 e. The Morgan fingerprint density at radius 2 is 1.70 bits per heavy atom. The van der Waals surface area contributed by atoms with E-state index < -0.39 is 0 Å². The maximum atomic E-state index is 6.13. The Morgan fingerprint density at radius 1 is 1.10 bits per heavy atom. The first-order valence-corrected chi connectivity index (χ1v) is 7.51. The number of hydrogen-bond acceptors (Lipinski definition) is 3. The highest BCUT2D eigenvalue weighted by molar-refractivity contribution is 6.32. The summed E-state index contributed by atoms with van der Waals surface area (Å²) >= 11 is 6.13. The molecule has 20 heavy (non-hydrogen) atoms. The van der Waals surface area contributed by atoms with Crippen LogP contribution in [0.25, 0.3) is 0 Å². The molecule has 0 bridgehead atoms. The van der Waals surface area contributed by atoms with Gasteiger partial charge in [-0.3, -0.25) is 0 Å². The van der Waals surface area contributed by atoms with E-state index in [1.54, 1.807) is 20.3 Å². The molecule has 1 saturated carbocycles. The van der Waals surface area contributed by atoms with Crippen LogP contribution in [0.15, 0.2) is 12.1 Å². The lowest BCUT2D eigenvalue weighted by Gasteiger charge is -2.35. The van der Waals surface area contributed by atoms with Crippen molar-refractivity contribution < 1.29 is 9.47 Å². The first-order valence-electron chi connectivity index (χ1n) is 7.13. The van der Waals surface area contributed by atoms with Crippen LogP contribution in [-0.4, -0.2) is 20.3 Å². The van der Waals surface area contributed by atoms with Crippen LogP contribution in [0.5, 0.6) is 11.5 Å². The summed E-state index contributed by atoms with van der Waals surface area (Å²) in [5.41, 5.74) is 1.43. The lowest BCUT2D eigenvalue weighted by Crippen LogP contribution is -2.30. The van der Waals surface area contributed by atoms with E-state index in [1.165, 1.54) is 25.7 Å². The molecule has 0 atom stereocenters. The van der Waals surface area contributed by atoms with E-state index in [0.717, 1.165) is 11.4 Å². The predicted molar refractivity (Wildman–Crippen MR) is 84.2 cm³/mol. The highest BCUT2D eigenvalue weighted by Crippen LogP contribution is 2.39. The van der Waals surface area contributed by atoms with Crippen LogP contribution in [0.4, 0.5) is 5.69 Å². The highest BCUT2D eigenvalue weighted by Gasteiger charge is 2.27. The zero-order chi connectivity index (χ0) is 14.8. The summed E-state index contributed by atoms with van der Waals surface area (Å²) in [5, 5.41) is 4.15. The average Bonchev–Trinajstić information content (AvgIpc) is 2.42. The van der Waals surface area contributed by atoms with Gasteiger partial charge in [-0.25, -0.2) is 0 Å². The molecule has 0 radical (unpaired) electrons. The summed E-state index contributed by atoms with van der Waals surface area (Å²) < 4.78 is 10.7. The third-order valence-electron chi connectivity index (χ3n) is 4.17. The van der Waals surface area contributed by atoms with E-state index >= 15 is 0 Å². The van der Waals surface area contributed by atoms with Crippen molar-refractivity contribution in [2.75, 3.05) is 19.5 Å². The molecule has 2 rings (SSSR count). The molecule has 1 aliphatic carbocycles. The van der Waals surface area contributed by atoms with E-state index in [1.807, 2.05) is 6.07 Å². The third kappa shape index (κ3) is 3.51. The van der Waals surface area contributed by atoms with Crippen molar-refractivity contribution >= 4 is 17.3 Å². The number of ether oxygens (including phenoxy) is 2. The molecule has 0 spiro atoms. The van der Waals surface area contributed by atoms with Gasteiger partial charge >= 0.3 is 0 Å². The second-order valence-electron chi connectivity index (χ2n) is 6.27. The molecule has 1 aromatic rings. The van der Waals surface area contributed by atoms with Gasteiger partial charge in [-0.1, -0.05) is 25.4 Å². The smallest absolute Gasteiger partial charge is 0.143 e. The van der Waals surface area contributed by atoms with Crippen molar-refractivity contribution in [3.8, 4) is 11.5 Å². The molecular weight excluding hydrogens is 274 g/mol. The monoisotopic (exact) mass is 297 g/mol. The molecule has 1 N–H and O–H groups in total. The molecule has 112 valence electrons. The van der Waals surface area contributed by atoms with E-state index in [2.05, 4.69) is 19.2 Å². The van der Waals surface area contributed by atoms with E-state index in [4.69, 9.17) is 21.1 Å². The fourth-order valence-electron chi connectivity index (χ4n) is 2.74. The normalized spacial score (nSPS) is 18.6. The minimum Gasteiger partial charge on any atom is -0.495 e. The first kappa shape index (κ1) is 15.3. The summed E-state index contributed by atoms with van der Waals surface area (Å²) in [5.74, 6) is 1.44. The van der Waals surface area contributed by atoms with Gasteiger partial charge in [0.1, 0.15) is 11.5 Å². The Bertz CT molecular complexity index is 464. The van der Waals surface area contributed by atoms with Crippen LogP contribution in [0.3, 0.4) is 0 Å². The van der Waals surface area contributed by atoms with Crippen molar-refractivity contribution in [3.63, 3.8) is 0 Å². The third-order valence-corrected chi connectivity index (χ3v) is 4.47. The molecule has 0 heterocycles. The minimum absolute atomic E-state index is 0.472. The number of anilines is 1. The largest absolute Gasteiger partial charge is 0.495 e. The predicted octanol–water partition coefficient (Wildman–Crippen LogP) is 4.74. The zero-order valence-electron chi connectivity index (χ0n) is 12.8. The first-order chi connectivity index (χ1) is 9.45. The molecule has 0 aromatic heterocycles. The average molecular weight is 298 g/mol. The summed E-state index contributed by atoms with van der Waals surface area (Å²) in [6, 6.07) is 4.21. The summed E-state index contributed by atoms with van der Waals surface area (Å²) in [7, 11) is 3.29. The molecule has 1 fully saturated rings. The van der Waals surface area contributed by atoms with Gasteiger partial charge in [0.05, 0.1) is 24.9 Å². The second-order valence-corrected chi connectivity index (χ2v) is 6.68. The molecule has 0 amide bonds. The van der Waals surface area contributed by atoms with E-state index in [9.17, 15) is 0 Å². The topological polar surface area (TPSA) is 30.5 Å². The van der Waals surface area contributed by atoms with Crippen LogP contribution < -0.4 is 14.8 Å². The SMILES string of the molecule is COc1cc(NC2CCC(C)(C)CC2)c(OC)cc1Cl. The summed E-state index contributed by atoms with van der Waals surface area (Å²) in [4.78, 5) is 0. The lowest BCUT2D eigenvalue weighted by atomic mass is 9.75. The van der Waals surface area contributed by atoms with E-state index in [0.29, 0.717) is 22.2 Å². The van der Waals surface area contributed by atoms with Crippen LogP contribution in [0.2, 0.25) is 5.02 Å². The Hall–Kier alpha value is -1.09. The van der Waals surface area contributed by atoms with Crippen molar-refractivity contribution in [2.24, 2.45) is 5.41 Å². The van der Waals surface area contributed by atoms with Crippen LogP contribution in [-0.2, 0) is 0 Å². The number of hydrogen-bond donors (Lipinski definition) is 1. The van der Waals surface area contributed by atoms with Gasteiger partial charge in [0, 0.05) is 18.2 Å². The second kappa shape index (κ2) is 6.13. The van der Waals surface area contributed by atoms with Gasteiger partial charge in [-0.2, -0.15) is 0 Å². The van der Waals surface area contributed by atoms with Crippen molar-refractivity contribution in [3.05, 3.63) is 17.2 Å². The molecule has 3 nitrogen and oxygen atoms in total. The molecule has 4 heteroatoms. The molecule has 0 unspecified atom stereocenters. The van der Waals surface area contributed by atoms with Crippen molar-refractivity contribution in [1.29, 1.82) is 0 Å². The van der Waals surface area contributed by atoms with Gasteiger partial charge < -0.3 is 14.8 Å². The molecule has 0 saturated heterocycles. The van der Waals surface area contributed by atoms with Crippen molar-refractivity contribution in [1.82, 2.24) is 0 Å². The number of halogens is 1. The standard InChI is InChI=1S/C16H24ClNO2/c1-16(2)7-5-11(6-8-16)18-13-10-14(19-3)12(17)9-15(13)20-4/h9-11,18H,5-8H2,1-4H3. The highest BCUT2D eigenvalue weighted by atomic mass is 35.5. The van der Waals surface area contributed by atoms with Gasteiger partial charge in [-0.05, 0) is 31.1 Å². The summed E-state index contributed by atoms with van der Waals surface area (Å²) in [6.45, 7) is 4.68. The van der Waals surface area contributed by atoms with Gasteiger partial charge in [0.15, 0.2) is 0 Å². The fraction of sp³-hybridized carbons (Fsp3) is 0.625. The Morgan fingerprint density at radius 3 is 2.25 bits per heavy atom. The fourth-order valence-corrected chi connectivity index (χ4v) is 2.97.